The Hall–Kier alpha value is -0.410. The number of nitrogens with two attached hydrogens (primary N) is 1. The molecule has 0 amide bonds. The molecule has 0 aliphatic rings. The molecule has 1 rings (SSSR count). The summed E-state index contributed by atoms with van der Waals surface area (Å²) in [6.07, 6.45) is 0.356. The molecule has 0 heterocycles. The van der Waals surface area contributed by atoms with Gasteiger partial charge in [0.25, 0.3) is 0 Å². The van der Waals surface area contributed by atoms with Gasteiger partial charge in [0.15, 0.2) is 0 Å². The summed E-state index contributed by atoms with van der Waals surface area (Å²) in [6.45, 7) is 1.73. The smallest absolute Gasteiger partial charge is 0.242 e. The number of benzene rings is 1. The lowest BCUT2D eigenvalue weighted by molar-refractivity contribution is 0.594. The van der Waals surface area contributed by atoms with Gasteiger partial charge in [-0.25, -0.2) is 8.42 Å². The molecule has 1 aromatic rings. The molecule has 94 valence electrons. The van der Waals surface area contributed by atoms with Gasteiger partial charge < -0.3 is 5.73 Å². The fraction of sp³-hybridized carbons (Fsp3) is 0.300. The number of nitrogens with one attached hydrogen (secondary N) is 1. The molecule has 0 radical (unpaired) electrons. The van der Waals surface area contributed by atoms with Gasteiger partial charge in [-0.2, -0.15) is 0 Å². The van der Waals surface area contributed by atoms with Crippen molar-refractivity contribution in [2.24, 2.45) is 5.73 Å². The van der Waals surface area contributed by atoms with E-state index in [1.54, 1.807) is 25.1 Å². The Morgan fingerprint density at radius 1 is 1.59 bits per heavy atom. The molecule has 0 saturated heterocycles. The first-order valence-corrected chi connectivity index (χ1v) is 7.96. The SMILES string of the molecule is CCC(C(N)=S)S(=O)(=O)Nc1cccc(I)c1. The summed E-state index contributed by atoms with van der Waals surface area (Å²) in [5.74, 6) is 0. The number of rotatable bonds is 5. The molecule has 3 N–H and O–H groups in total. The fourth-order valence-electron chi connectivity index (χ4n) is 1.36. The van der Waals surface area contributed by atoms with E-state index in [-0.39, 0.29) is 4.99 Å². The van der Waals surface area contributed by atoms with E-state index in [0.717, 1.165) is 3.57 Å². The van der Waals surface area contributed by atoms with Gasteiger partial charge in [-0.15, -0.1) is 0 Å². The van der Waals surface area contributed by atoms with Gasteiger partial charge in [0.2, 0.25) is 10.0 Å². The zero-order chi connectivity index (χ0) is 13.1. The summed E-state index contributed by atoms with van der Waals surface area (Å²) in [5.41, 5.74) is 5.95. The van der Waals surface area contributed by atoms with E-state index in [1.165, 1.54) is 0 Å². The van der Waals surface area contributed by atoms with E-state index < -0.39 is 15.3 Å². The van der Waals surface area contributed by atoms with Gasteiger partial charge in [-0.3, -0.25) is 4.72 Å². The Morgan fingerprint density at radius 2 is 2.24 bits per heavy atom. The van der Waals surface area contributed by atoms with Crippen LogP contribution in [-0.2, 0) is 10.0 Å². The Bertz CT molecular complexity index is 517. The monoisotopic (exact) mass is 384 g/mol. The van der Waals surface area contributed by atoms with Crippen molar-refractivity contribution in [2.45, 2.75) is 18.6 Å². The molecule has 4 nitrogen and oxygen atoms in total. The second kappa shape index (κ2) is 5.96. The molecule has 7 heteroatoms. The van der Waals surface area contributed by atoms with Gasteiger partial charge in [-0.1, -0.05) is 25.2 Å². The van der Waals surface area contributed by atoms with Crippen LogP contribution in [-0.4, -0.2) is 18.7 Å². The van der Waals surface area contributed by atoms with E-state index in [1.807, 2.05) is 6.07 Å². The van der Waals surface area contributed by atoms with Crippen molar-refractivity contribution in [3.8, 4) is 0 Å². The summed E-state index contributed by atoms with van der Waals surface area (Å²) in [6, 6.07) is 7.08. The minimum absolute atomic E-state index is 0.00868. The average Bonchev–Trinajstić information content (AvgIpc) is 2.16. The quantitative estimate of drug-likeness (QED) is 0.603. The van der Waals surface area contributed by atoms with Crippen LogP contribution in [0.4, 0.5) is 5.69 Å². The first-order chi connectivity index (χ1) is 7.86. The van der Waals surface area contributed by atoms with Crippen molar-refractivity contribution in [3.05, 3.63) is 27.8 Å². The van der Waals surface area contributed by atoms with Crippen LogP contribution in [0.5, 0.6) is 0 Å². The Labute approximate surface area is 120 Å². The highest BCUT2D eigenvalue weighted by Gasteiger charge is 2.26. The van der Waals surface area contributed by atoms with Crippen LogP contribution in [0.25, 0.3) is 0 Å². The predicted molar refractivity (Wildman–Crippen MR) is 82.6 cm³/mol. The molecule has 1 aromatic carbocycles. The number of sulfonamides is 1. The zero-order valence-corrected chi connectivity index (χ0v) is 13.0. The topological polar surface area (TPSA) is 72.2 Å². The van der Waals surface area contributed by atoms with E-state index in [9.17, 15) is 8.42 Å². The third-order valence-electron chi connectivity index (χ3n) is 2.15. The minimum atomic E-state index is -3.56. The van der Waals surface area contributed by atoms with Gasteiger partial charge in [-0.05, 0) is 47.2 Å². The Morgan fingerprint density at radius 3 is 2.71 bits per heavy atom. The van der Waals surface area contributed by atoms with E-state index in [0.29, 0.717) is 12.1 Å². The Balaban J connectivity index is 2.97. The summed E-state index contributed by atoms with van der Waals surface area (Å²) in [5, 5.41) is -0.838. The van der Waals surface area contributed by atoms with Crippen molar-refractivity contribution < 1.29 is 8.42 Å². The second-order valence-corrected chi connectivity index (χ2v) is 7.04. The fourth-order valence-corrected chi connectivity index (χ4v) is 3.79. The van der Waals surface area contributed by atoms with Gasteiger partial charge >= 0.3 is 0 Å². The lowest BCUT2D eigenvalue weighted by atomic mass is 10.3. The number of halogens is 1. The van der Waals surface area contributed by atoms with Gasteiger partial charge in [0.05, 0.1) is 4.99 Å². The number of hydrogen-bond donors (Lipinski definition) is 2. The molecule has 17 heavy (non-hydrogen) atoms. The van der Waals surface area contributed by atoms with Crippen LogP contribution >= 0.6 is 34.8 Å². The van der Waals surface area contributed by atoms with Crippen LogP contribution in [0.3, 0.4) is 0 Å². The molecule has 0 aliphatic heterocycles. The first-order valence-electron chi connectivity index (χ1n) is 4.93. The average molecular weight is 384 g/mol. The molecule has 1 unspecified atom stereocenters. The maximum Gasteiger partial charge on any atom is 0.242 e. The van der Waals surface area contributed by atoms with Gasteiger partial charge in [0, 0.05) is 9.26 Å². The predicted octanol–water partition coefficient (Wildman–Crippen LogP) is 2.10. The zero-order valence-electron chi connectivity index (χ0n) is 9.18. The minimum Gasteiger partial charge on any atom is -0.392 e. The molecule has 1 atom stereocenters. The summed E-state index contributed by atoms with van der Waals surface area (Å²) in [4.78, 5) is -0.00868. The van der Waals surface area contributed by atoms with Crippen molar-refractivity contribution in [2.75, 3.05) is 4.72 Å². The third-order valence-corrected chi connectivity index (χ3v) is 5.11. The summed E-state index contributed by atoms with van der Waals surface area (Å²) < 4.78 is 27.4. The normalized spacial score (nSPS) is 13.1. The molecule has 0 saturated carbocycles. The van der Waals surface area contributed by atoms with Crippen LogP contribution in [0.1, 0.15) is 13.3 Å². The first kappa shape index (κ1) is 14.7. The highest BCUT2D eigenvalue weighted by Crippen LogP contribution is 2.16. The van der Waals surface area contributed by atoms with E-state index >= 15 is 0 Å². The maximum atomic E-state index is 12.0. The number of hydrogen-bond acceptors (Lipinski definition) is 3. The molecule has 0 aromatic heterocycles. The van der Waals surface area contributed by atoms with E-state index in [2.05, 4.69) is 27.3 Å². The summed E-state index contributed by atoms with van der Waals surface area (Å²) >= 11 is 6.88. The largest absolute Gasteiger partial charge is 0.392 e. The van der Waals surface area contributed by atoms with Crippen molar-refractivity contribution in [1.82, 2.24) is 0 Å². The van der Waals surface area contributed by atoms with Crippen LogP contribution in [0, 0.1) is 3.57 Å². The second-order valence-electron chi connectivity index (χ2n) is 3.46. The van der Waals surface area contributed by atoms with Crippen LogP contribution in [0.2, 0.25) is 0 Å². The maximum absolute atomic E-state index is 12.0. The van der Waals surface area contributed by atoms with Crippen LogP contribution < -0.4 is 10.5 Å². The van der Waals surface area contributed by atoms with Gasteiger partial charge in [0.1, 0.15) is 5.25 Å². The number of thiocarbonyl (C=S) groups is 1. The molecule has 0 aliphatic carbocycles. The van der Waals surface area contributed by atoms with Crippen molar-refractivity contribution in [3.63, 3.8) is 0 Å². The lowest BCUT2D eigenvalue weighted by Crippen LogP contribution is -2.37. The Kier molecular flexibility index (Phi) is 5.14. The molecule has 0 fully saturated rings. The molecule has 0 bridgehead atoms. The molecule has 0 spiro atoms. The van der Waals surface area contributed by atoms with Crippen LogP contribution in [0.15, 0.2) is 24.3 Å². The van der Waals surface area contributed by atoms with Crippen molar-refractivity contribution >= 4 is 55.5 Å². The van der Waals surface area contributed by atoms with Crippen molar-refractivity contribution in [1.29, 1.82) is 0 Å². The summed E-state index contributed by atoms with van der Waals surface area (Å²) in [7, 11) is -3.56. The lowest BCUT2D eigenvalue weighted by Gasteiger charge is -2.16. The van der Waals surface area contributed by atoms with E-state index in [4.69, 9.17) is 18.0 Å². The number of anilines is 1. The molecular formula is C10H13IN2O2S2. The highest BCUT2D eigenvalue weighted by molar-refractivity contribution is 14.1. The highest BCUT2D eigenvalue weighted by atomic mass is 127. The third kappa shape index (κ3) is 4.07. The standard InChI is InChI=1S/C10H13IN2O2S2/c1-2-9(10(12)16)17(14,15)13-8-5-3-4-7(11)6-8/h3-6,9,13H,2H2,1H3,(H2,12,16). The molecular weight excluding hydrogens is 371 g/mol.